The molecule has 1 atom stereocenters. The fourth-order valence-electron chi connectivity index (χ4n) is 1.31. The number of rotatable bonds is 3. The molecule has 0 amide bonds. The minimum atomic E-state index is -3.88. The van der Waals surface area contributed by atoms with Gasteiger partial charge < -0.3 is 4.90 Å². The molecule has 1 unspecified atom stereocenters. The molecule has 10 heteroatoms. The first kappa shape index (κ1) is 17.8. The number of aromatic nitrogens is 2. The Bertz CT molecular complexity index is 700. The second-order valence-electron chi connectivity index (χ2n) is 4.59. The van der Waals surface area contributed by atoms with Gasteiger partial charge in [0.15, 0.2) is 16.9 Å². The van der Waals surface area contributed by atoms with Gasteiger partial charge in [-0.05, 0) is 50.5 Å². The van der Waals surface area contributed by atoms with Gasteiger partial charge in [0.25, 0.3) is 0 Å². The Hall–Kier alpha value is -1.29. The van der Waals surface area contributed by atoms with Gasteiger partial charge >= 0.3 is 0 Å². The molecule has 1 aromatic heterocycles. The van der Waals surface area contributed by atoms with Crippen LogP contribution in [0.1, 0.15) is 6.92 Å². The van der Waals surface area contributed by atoms with Crippen LogP contribution in [0.2, 0.25) is 0 Å². The van der Waals surface area contributed by atoms with Crippen molar-refractivity contribution in [3.05, 3.63) is 17.9 Å². The average molecular weight is 339 g/mol. The number of benzene rings is 1. The first-order chi connectivity index (χ1) is 9.65. The molecule has 1 heterocycles. The van der Waals surface area contributed by atoms with Gasteiger partial charge in [-0.15, -0.1) is 11.6 Å². The van der Waals surface area contributed by atoms with Crippen molar-refractivity contribution in [3.63, 3.8) is 0 Å². The molecule has 7 nitrogen and oxygen atoms in total. The lowest BCUT2D eigenvalue weighted by molar-refractivity contribution is 0.314. The SMILES string of the molecule is CC(Cl)NS(=O)(=O)c1ccc(F)c2nonc12.CN(C)C. The fourth-order valence-corrected chi connectivity index (χ4v) is 2.85. The van der Waals surface area contributed by atoms with Crippen molar-refractivity contribution in [3.8, 4) is 0 Å². The van der Waals surface area contributed by atoms with E-state index in [0.717, 1.165) is 12.1 Å². The van der Waals surface area contributed by atoms with Crippen LogP contribution in [0.25, 0.3) is 11.0 Å². The lowest BCUT2D eigenvalue weighted by Crippen LogP contribution is -2.28. The van der Waals surface area contributed by atoms with E-state index in [1.54, 1.807) is 0 Å². The maximum absolute atomic E-state index is 13.2. The highest BCUT2D eigenvalue weighted by molar-refractivity contribution is 7.89. The summed E-state index contributed by atoms with van der Waals surface area (Å²) in [6.07, 6.45) is 0. The molecule has 21 heavy (non-hydrogen) atoms. The highest BCUT2D eigenvalue weighted by atomic mass is 35.5. The Morgan fingerprint density at radius 3 is 2.33 bits per heavy atom. The second kappa shape index (κ2) is 7.12. The van der Waals surface area contributed by atoms with E-state index in [1.165, 1.54) is 6.92 Å². The molecule has 2 rings (SSSR count). The van der Waals surface area contributed by atoms with Gasteiger partial charge in [-0.3, -0.25) is 0 Å². The molecule has 0 radical (unpaired) electrons. The van der Waals surface area contributed by atoms with Crippen LogP contribution in [0, 0.1) is 5.82 Å². The number of hydrogen-bond acceptors (Lipinski definition) is 6. The molecule has 0 bridgehead atoms. The molecule has 0 saturated carbocycles. The fraction of sp³-hybridized carbons (Fsp3) is 0.455. The number of fused-ring (bicyclic) bond motifs is 1. The summed E-state index contributed by atoms with van der Waals surface area (Å²) in [6.45, 7) is 1.45. The number of nitrogens with one attached hydrogen (secondary N) is 1. The van der Waals surface area contributed by atoms with Crippen LogP contribution in [0.4, 0.5) is 4.39 Å². The van der Waals surface area contributed by atoms with Crippen LogP contribution in [-0.2, 0) is 10.0 Å². The number of halogens is 2. The monoisotopic (exact) mass is 338 g/mol. The summed E-state index contributed by atoms with van der Waals surface area (Å²) in [5.74, 6) is -0.709. The van der Waals surface area contributed by atoms with Gasteiger partial charge in [-0.2, -0.15) is 4.72 Å². The predicted octanol–water partition coefficient (Wildman–Crippen LogP) is 1.40. The van der Waals surface area contributed by atoms with Crippen molar-refractivity contribution in [2.24, 2.45) is 0 Å². The Morgan fingerprint density at radius 2 is 1.81 bits per heavy atom. The van der Waals surface area contributed by atoms with Crippen LogP contribution >= 0.6 is 11.6 Å². The summed E-state index contributed by atoms with van der Waals surface area (Å²) in [5, 5.41) is 6.65. The standard InChI is InChI=1S/C8H7ClFN3O3S.C3H9N/c1-4(9)13-17(14,15)6-3-2-5(10)7-8(6)12-16-11-7;1-4(2)3/h2-4,13H,1H3;1-3H3. The number of alkyl halides is 1. The van der Waals surface area contributed by atoms with E-state index in [0.29, 0.717) is 0 Å². The van der Waals surface area contributed by atoms with E-state index < -0.39 is 21.3 Å². The predicted molar refractivity (Wildman–Crippen MR) is 77.0 cm³/mol. The zero-order valence-electron chi connectivity index (χ0n) is 12.0. The van der Waals surface area contributed by atoms with E-state index in [-0.39, 0.29) is 15.9 Å². The Balaban J connectivity index is 0.000000491. The highest BCUT2D eigenvalue weighted by Crippen LogP contribution is 2.22. The van der Waals surface area contributed by atoms with Crippen molar-refractivity contribution in [2.45, 2.75) is 17.3 Å². The molecule has 1 N–H and O–H groups in total. The van der Waals surface area contributed by atoms with E-state index >= 15 is 0 Å². The molecule has 0 fully saturated rings. The molecular formula is C11H16ClFN4O3S. The molecular weight excluding hydrogens is 323 g/mol. The van der Waals surface area contributed by atoms with E-state index in [1.807, 2.05) is 26.0 Å². The third-order valence-electron chi connectivity index (χ3n) is 1.94. The zero-order valence-corrected chi connectivity index (χ0v) is 13.5. The topological polar surface area (TPSA) is 88.3 Å². The molecule has 0 aliphatic carbocycles. The average Bonchev–Trinajstić information content (AvgIpc) is 2.75. The molecule has 0 saturated heterocycles. The summed E-state index contributed by atoms with van der Waals surface area (Å²) in [4.78, 5) is 1.77. The van der Waals surface area contributed by atoms with Crippen LogP contribution in [0.3, 0.4) is 0 Å². The van der Waals surface area contributed by atoms with E-state index in [4.69, 9.17) is 11.6 Å². The largest absolute Gasteiger partial charge is 0.312 e. The van der Waals surface area contributed by atoms with Crippen LogP contribution in [0.5, 0.6) is 0 Å². The zero-order chi connectivity index (χ0) is 16.2. The Kier molecular flexibility index (Phi) is 6.02. The second-order valence-corrected chi connectivity index (χ2v) is 6.92. The highest BCUT2D eigenvalue weighted by Gasteiger charge is 2.23. The van der Waals surface area contributed by atoms with E-state index in [9.17, 15) is 12.8 Å². The summed E-state index contributed by atoms with van der Waals surface area (Å²) < 4.78 is 43.4. The first-order valence-corrected chi connectivity index (χ1v) is 7.75. The van der Waals surface area contributed by atoms with Crippen molar-refractivity contribution in [1.29, 1.82) is 0 Å². The normalized spacial score (nSPS) is 13.1. The quantitative estimate of drug-likeness (QED) is 0.672. The summed E-state index contributed by atoms with van der Waals surface area (Å²) in [5.41, 5.74) is -1.22. The van der Waals surface area contributed by atoms with Gasteiger partial charge in [0.2, 0.25) is 10.0 Å². The van der Waals surface area contributed by atoms with E-state index in [2.05, 4.69) is 19.7 Å². The van der Waals surface area contributed by atoms with Gasteiger partial charge in [0.05, 0.1) is 5.50 Å². The summed E-state index contributed by atoms with van der Waals surface area (Å²) in [6, 6.07) is 2.05. The third kappa shape index (κ3) is 4.88. The Morgan fingerprint density at radius 1 is 1.29 bits per heavy atom. The molecule has 0 aliphatic heterocycles. The minimum absolute atomic E-state index is 0.171. The third-order valence-corrected chi connectivity index (χ3v) is 3.75. The minimum Gasteiger partial charge on any atom is -0.312 e. The Labute approximate surface area is 127 Å². The van der Waals surface area contributed by atoms with Crippen LogP contribution < -0.4 is 4.72 Å². The van der Waals surface area contributed by atoms with Crippen molar-refractivity contribution in [2.75, 3.05) is 21.1 Å². The molecule has 0 spiro atoms. The van der Waals surface area contributed by atoms with Crippen molar-refractivity contribution in [1.82, 2.24) is 19.9 Å². The first-order valence-electron chi connectivity index (χ1n) is 5.83. The smallest absolute Gasteiger partial charge is 0.244 e. The van der Waals surface area contributed by atoms with Gasteiger partial charge in [-0.1, -0.05) is 0 Å². The summed E-state index contributed by atoms with van der Waals surface area (Å²) in [7, 11) is 2.12. The van der Waals surface area contributed by atoms with Gasteiger partial charge in [0.1, 0.15) is 4.90 Å². The van der Waals surface area contributed by atoms with Crippen LogP contribution in [-0.4, -0.2) is 50.3 Å². The van der Waals surface area contributed by atoms with Gasteiger partial charge in [0, 0.05) is 0 Å². The maximum atomic E-state index is 13.2. The maximum Gasteiger partial charge on any atom is 0.244 e. The number of hydrogen-bond donors (Lipinski definition) is 1. The van der Waals surface area contributed by atoms with Crippen molar-refractivity contribution >= 4 is 32.7 Å². The lowest BCUT2D eigenvalue weighted by atomic mass is 10.3. The molecule has 0 aliphatic rings. The lowest BCUT2D eigenvalue weighted by Gasteiger charge is -2.07. The van der Waals surface area contributed by atoms with Crippen LogP contribution in [0.15, 0.2) is 21.7 Å². The van der Waals surface area contributed by atoms with Gasteiger partial charge in [-0.25, -0.2) is 17.4 Å². The number of sulfonamides is 1. The summed E-state index contributed by atoms with van der Waals surface area (Å²) >= 11 is 5.54. The molecule has 1 aromatic carbocycles. The number of nitrogens with zero attached hydrogens (tertiary/aromatic N) is 3. The molecule has 118 valence electrons. The molecule has 2 aromatic rings. The van der Waals surface area contributed by atoms with Crippen molar-refractivity contribution < 1.29 is 17.4 Å².